The highest BCUT2D eigenvalue weighted by molar-refractivity contribution is 5.85. The quantitative estimate of drug-likeness (QED) is 0.878. The standard InChI is InChI=1S/C16H24N2O2.ClH/c1-11(12-5-3-7-14(9-12)20-2)16(19)18-15-8-4-6-13(15)10-17;/h3,5,7,9,11,13,15H,4,6,8,10,17H2,1-2H3,(H,18,19);1H. The Balaban J connectivity index is 0.00000220. The predicted octanol–water partition coefficient (Wildman–Crippen LogP) is 2.46. The third kappa shape index (κ3) is 4.35. The molecule has 3 unspecified atom stereocenters. The lowest BCUT2D eigenvalue weighted by Gasteiger charge is -2.22. The number of nitrogens with two attached hydrogens (primary N) is 1. The summed E-state index contributed by atoms with van der Waals surface area (Å²) in [4.78, 5) is 12.4. The molecule has 0 spiro atoms. The van der Waals surface area contributed by atoms with Crippen molar-refractivity contribution in [2.24, 2.45) is 11.7 Å². The average molecular weight is 313 g/mol. The second kappa shape index (κ2) is 8.25. The lowest BCUT2D eigenvalue weighted by Crippen LogP contribution is -2.41. The number of hydrogen-bond acceptors (Lipinski definition) is 3. The van der Waals surface area contributed by atoms with Crippen molar-refractivity contribution in [2.75, 3.05) is 13.7 Å². The number of benzene rings is 1. The van der Waals surface area contributed by atoms with E-state index >= 15 is 0 Å². The number of rotatable bonds is 5. The van der Waals surface area contributed by atoms with Crippen molar-refractivity contribution < 1.29 is 9.53 Å². The summed E-state index contributed by atoms with van der Waals surface area (Å²) in [5, 5.41) is 3.16. The molecule has 1 amide bonds. The molecule has 1 fully saturated rings. The average Bonchev–Trinajstić information content (AvgIpc) is 2.93. The highest BCUT2D eigenvalue weighted by atomic mass is 35.5. The summed E-state index contributed by atoms with van der Waals surface area (Å²) in [6.45, 7) is 2.58. The van der Waals surface area contributed by atoms with E-state index in [1.807, 2.05) is 31.2 Å². The number of carbonyl (C=O) groups excluding carboxylic acids is 1. The van der Waals surface area contributed by atoms with Crippen molar-refractivity contribution in [3.05, 3.63) is 29.8 Å². The molecule has 0 saturated heterocycles. The van der Waals surface area contributed by atoms with Crippen LogP contribution in [0.15, 0.2) is 24.3 Å². The maximum absolute atomic E-state index is 12.4. The van der Waals surface area contributed by atoms with Crippen LogP contribution in [0, 0.1) is 5.92 Å². The number of ether oxygens (including phenoxy) is 1. The zero-order chi connectivity index (χ0) is 14.5. The van der Waals surface area contributed by atoms with Gasteiger partial charge in [-0.1, -0.05) is 18.6 Å². The van der Waals surface area contributed by atoms with Gasteiger partial charge in [-0.05, 0) is 49.9 Å². The van der Waals surface area contributed by atoms with Crippen LogP contribution >= 0.6 is 12.4 Å². The summed E-state index contributed by atoms with van der Waals surface area (Å²) in [6, 6.07) is 7.91. The van der Waals surface area contributed by atoms with Crippen molar-refractivity contribution in [1.29, 1.82) is 0 Å². The van der Waals surface area contributed by atoms with Crippen molar-refractivity contribution in [3.8, 4) is 5.75 Å². The second-order valence-electron chi connectivity index (χ2n) is 5.54. The topological polar surface area (TPSA) is 64.3 Å². The van der Waals surface area contributed by atoms with E-state index in [1.54, 1.807) is 7.11 Å². The molecule has 5 heteroatoms. The van der Waals surface area contributed by atoms with Crippen LogP contribution < -0.4 is 15.8 Å². The maximum Gasteiger partial charge on any atom is 0.227 e. The number of halogens is 1. The molecule has 3 N–H and O–H groups in total. The van der Waals surface area contributed by atoms with Gasteiger partial charge in [0.2, 0.25) is 5.91 Å². The molecule has 0 heterocycles. The van der Waals surface area contributed by atoms with Crippen LogP contribution in [0.5, 0.6) is 5.75 Å². The first-order chi connectivity index (χ1) is 9.65. The zero-order valence-electron chi connectivity index (χ0n) is 12.7. The van der Waals surface area contributed by atoms with E-state index in [-0.39, 0.29) is 30.3 Å². The minimum atomic E-state index is -0.177. The highest BCUT2D eigenvalue weighted by Crippen LogP contribution is 2.26. The molecule has 3 atom stereocenters. The third-order valence-corrected chi connectivity index (χ3v) is 4.28. The number of amides is 1. The molecule has 0 bridgehead atoms. The van der Waals surface area contributed by atoms with Gasteiger partial charge in [-0.15, -0.1) is 12.4 Å². The van der Waals surface area contributed by atoms with Gasteiger partial charge >= 0.3 is 0 Å². The van der Waals surface area contributed by atoms with Crippen LogP contribution in [-0.4, -0.2) is 25.6 Å². The lowest BCUT2D eigenvalue weighted by molar-refractivity contribution is -0.123. The van der Waals surface area contributed by atoms with E-state index in [4.69, 9.17) is 10.5 Å². The highest BCUT2D eigenvalue weighted by Gasteiger charge is 2.28. The van der Waals surface area contributed by atoms with E-state index in [2.05, 4.69) is 5.32 Å². The Morgan fingerprint density at radius 3 is 2.90 bits per heavy atom. The fourth-order valence-corrected chi connectivity index (χ4v) is 2.88. The number of hydrogen-bond donors (Lipinski definition) is 2. The van der Waals surface area contributed by atoms with Crippen LogP contribution in [-0.2, 0) is 4.79 Å². The lowest BCUT2D eigenvalue weighted by atomic mass is 9.98. The molecule has 1 aliphatic rings. The minimum Gasteiger partial charge on any atom is -0.497 e. The van der Waals surface area contributed by atoms with E-state index in [1.165, 1.54) is 0 Å². The van der Waals surface area contributed by atoms with E-state index in [0.717, 1.165) is 30.6 Å². The van der Waals surface area contributed by atoms with Gasteiger partial charge in [0.15, 0.2) is 0 Å². The van der Waals surface area contributed by atoms with Gasteiger partial charge in [0.25, 0.3) is 0 Å². The molecular formula is C16H25ClN2O2. The number of methoxy groups -OCH3 is 1. The smallest absolute Gasteiger partial charge is 0.227 e. The number of nitrogens with one attached hydrogen (secondary N) is 1. The Labute approximate surface area is 132 Å². The first kappa shape index (κ1) is 17.8. The van der Waals surface area contributed by atoms with Crippen LogP contribution in [0.1, 0.15) is 37.7 Å². The normalized spacial score (nSPS) is 22.2. The van der Waals surface area contributed by atoms with Gasteiger partial charge in [0.1, 0.15) is 5.75 Å². The van der Waals surface area contributed by atoms with Gasteiger partial charge in [-0.2, -0.15) is 0 Å². The van der Waals surface area contributed by atoms with Crippen molar-refractivity contribution in [1.82, 2.24) is 5.32 Å². The fourth-order valence-electron chi connectivity index (χ4n) is 2.88. The van der Waals surface area contributed by atoms with Gasteiger partial charge in [0.05, 0.1) is 13.0 Å². The summed E-state index contributed by atoms with van der Waals surface area (Å²) in [7, 11) is 1.63. The maximum atomic E-state index is 12.4. The summed E-state index contributed by atoms with van der Waals surface area (Å²) < 4.78 is 5.20. The summed E-state index contributed by atoms with van der Waals surface area (Å²) in [5.41, 5.74) is 6.73. The van der Waals surface area contributed by atoms with Crippen molar-refractivity contribution in [3.63, 3.8) is 0 Å². The molecule has 0 aliphatic heterocycles. The molecule has 1 aromatic rings. The van der Waals surface area contributed by atoms with Gasteiger partial charge in [-0.25, -0.2) is 0 Å². The van der Waals surface area contributed by atoms with Crippen LogP contribution in [0.3, 0.4) is 0 Å². The van der Waals surface area contributed by atoms with E-state index in [9.17, 15) is 4.79 Å². The Kier molecular flexibility index (Phi) is 6.99. The van der Waals surface area contributed by atoms with Crippen LogP contribution in [0.2, 0.25) is 0 Å². The van der Waals surface area contributed by atoms with Crippen molar-refractivity contribution >= 4 is 18.3 Å². The Morgan fingerprint density at radius 2 is 2.24 bits per heavy atom. The first-order valence-electron chi connectivity index (χ1n) is 7.30. The van der Waals surface area contributed by atoms with Gasteiger partial charge in [0, 0.05) is 6.04 Å². The Morgan fingerprint density at radius 1 is 1.48 bits per heavy atom. The molecule has 1 aliphatic carbocycles. The third-order valence-electron chi connectivity index (χ3n) is 4.28. The Hall–Kier alpha value is -1.26. The summed E-state index contributed by atoms with van der Waals surface area (Å²) in [5.74, 6) is 1.10. The molecule has 118 valence electrons. The molecule has 1 aromatic carbocycles. The predicted molar refractivity (Wildman–Crippen MR) is 87.0 cm³/mol. The molecule has 0 radical (unpaired) electrons. The van der Waals surface area contributed by atoms with Gasteiger partial charge < -0.3 is 15.8 Å². The molecule has 1 saturated carbocycles. The second-order valence-corrected chi connectivity index (χ2v) is 5.54. The van der Waals surface area contributed by atoms with E-state index < -0.39 is 0 Å². The first-order valence-corrected chi connectivity index (χ1v) is 7.30. The summed E-state index contributed by atoms with van der Waals surface area (Å²) >= 11 is 0. The Bertz CT molecular complexity index is 467. The van der Waals surface area contributed by atoms with Crippen LogP contribution in [0.25, 0.3) is 0 Å². The molecule has 21 heavy (non-hydrogen) atoms. The minimum absolute atomic E-state index is 0. The molecule has 4 nitrogen and oxygen atoms in total. The molecule has 0 aromatic heterocycles. The SMILES string of the molecule is COc1cccc(C(C)C(=O)NC2CCCC2CN)c1.Cl. The monoisotopic (exact) mass is 312 g/mol. The summed E-state index contributed by atoms with van der Waals surface area (Å²) in [6.07, 6.45) is 3.31. The fraction of sp³-hybridized carbons (Fsp3) is 0.562. The van der Waals surface area contributed by atoms with E-state index in [0.29, 0.717) is 12.5 Å². The number of carbonyl (C=O) groups is 1. The van der Waals surface area contributed by atoms with Gasteiger partial charge in [-0.3, -0.25) is 4.79 Å². The largest absolute Gasteiger partial charge is 0.497 e. The van der Waals surface area contributed by atoms with Crippen LogP contribution in [0.4, 0.5) is 0 Å². The van der Waals surface area contributed by atoms with Crippen molar-refractivity contribution in [2.45, 2.75) is 38.1 Å². The molecule has 2 rings (SSSR count). The zero-order valence-corrected chi connectivity index (χ0v) is 13.5. The molecular weight excluding hydrogens is 288 g/mol.